The van der Waals surface area contributed by atoms with Gasteiger partial charge in [-0.2, -0.15) is 0 Å². The van der Waals surface area contributed by atoms with Gasteiger partial charge in [0.05, 0.1) is 6.42 Å². The average molecular weight is 336 g/mol. The minimum absolute atomic E-state index is 0.0142. The van der Waals surface area contributed by atoms with E-state index in [1.54, 1.807) is 32.0 Å². The Kier molecular flexibility index (Phi) is 4.11. The Hall–Kier alpha value is -1.96. The van der Waals surface area contributed by atoms with Crippen molar-refractivity contribution in [1.82, 2.24) is 0 Å². The average Bonchev–Trinajstić information content (AvgIpc) is 2.57. The van der Waals surface area contributed by atoms with Crippen LogP contribution in [0.25, 0.3) is 0 Å². The number of cyclic esters (lactones) is 1. The number of hydrogen-bond acceptors (Lipinski definition) is 7. The normalized spacial score (nSPS) is 35.8. The van der Waals surface area contributed by atoms with Crippen molar-refractivity contribution in [3.05, 3.63) is 29.8 Å². The van der Waals surface area contributed by atoms with Crippen LogP contribution < -0.4 is 4.74 Å². The Bertz CT molecular complexity index is 673. The van der Waals surface area contributed by atoms with Crippen LogP contribution in [0.3, 0.4) is 0 Å². The molecule has 130 valence electrons. The summed E-state index contributed by atoms with van der Waals surface area (Å²) < 4.78 is 27.4. The second-order valence-electron chi connectivity index (χ2n) is 6.08. The molecule has 0 spiro atoms. The molecule has 2 heterocycles. The maximum absolute atomic E-state index is 12.6. The van der Waals surface area contributed by atoms with Crippen LogP contribution in [0.1, 0.15) is 31.7 Å². The first kappa shape index (κ1) is 16.9. The summed E-state index contributed by atoms with van der Waals surface area (Å²) in [5, 5.41) is 0. The van der Waals surface area contributed by atoms with Gasteiger partial charge in [-0.05, 0) is 13.0 Å². The molecule has 2 aliphatic heterocycles. The summed E-state index contributed by atoms with van der Waals surface area (Å²) in [7, 11) is 2.85. The molecular weight excluding hydrogens is 316 g/mol. The van der Waals surface area contributed by atoms with E-state index in [4.69, 9.17) is 23.7 Å². The molecular formula is C17H20O7. The van der Waals surface area contributed by atoms with Gasteiger partial charge in [0.1, 0.15) is 5.75 Å². The predicted octanol–water partition coefficient (Wildman–Crippen LogP) is 1.75. The van der Waals surface area contributed by atoms with Gasteiger partial charge < -0.3 is 23.7 Å². The van der Waals surface area contributed by atoms with E-state index in [9.17, 15) is 9.59 Å². The van der Waals surface area contributed by atoms with Crippen LogP contribution in [0.2, 0.25) is 0 Å². The van der Waals surface area contributed by atoms with Crippen molar-refractivity contribution in [3.63, 3.8) is 0 Å². The molecule has 4 atom stereocenters. The highest BCUT2D eigenvalue weighted by Crippen LogP contribution is 2.44. The number of carbonyl (C=O) groups excluding carboxylic acids is 2. The van der Waals surface area contributed by atoms with Crippen molar-refractivity contribution >= 4 is 11.9 Å². The van der Waals surface area contributed by atoms with Crippen molar-refractivity contribution in [2.75, 3.05) is 14.2 Å². The lowest BCUT2D eigenvalue weighted by Gasteiger charge is -2.49. The molecule has 1 saturated heterocycles. The number of para-hydroxylation sites is 1. The lowest BCUT2D eigenvalue weighted by Crippen LogP contribution is -2.65. The van der Waals surface area contributed by atoms with E-state index in [0.717, 1.165) is 5.56 Å². The Balaban J connectivity index is 1.98. The zero-order valence-electron chi connectivity index (χ0n) is 14.0. The molecule has 1 fully saturated rings. The fraction of sp³-hybridized carbons (Fsp3) is 0.529. The summed E-state index contributed by atoms with van der Waals surface area (Å²) >= 11 is 0. The number of ether oxygens (including phenoxy) is 5. The third-order valence-corrected chi connectivity index (χ3v) is 4.78. The van der Waals surface area contributed by atoms with Crippen molar-refractivity contribution in [2.24, 2.45) is 0 Å². The monoisotopic (exact) mass is 336 g/mol. The number of benzene rings is 1. The first-order chi connectivity index (χ1) is 11.3. The lowest BCUT2D eigenvalue weighted by molar-refractivity contribution is -0.407. The fourth-order valence-electron chi connectivity index (χ4n) is 3.05. The van der Waals surface area contributed by atoms with Gasteiger partial charge in [0.15, 0.2) is 6.10 Å². The first-order valence-electron chi connectivity index (χ1n) is 7.64. The number of rotatable bonds is 3. The molecule has 0 amide bonds. The van der Waals surface area contributed by atoms with Crippen LogP contribution in [-0.4, -0.2) is 43.8 Å². The zero-order valence-corrected chi connectivity index (χ0v) is 14.0. The maximum atomic E-state index is 12.6. The lowest BCUT2D eigenvalue weighted by atomic mass is 9.86. The molecule has 0 bridgehead atoms. The van der Waals surface area contributed by atoms with Gasteiger partial charge in [0, 0.05) is 32.6 Å². The SMILES string of the molecule is CO[C@]1(C)OC(=O)[C@H]([C@H]2CC(=O)Oc3ccccc32)O[C@@]1(C)OC. The van der Waals surface area contributed by atoms with Gasteiger partial charge in [-0.1, -0.05) is 18.2 Å². The summed E-state index contributed by atoms with van der Waals surface area (Å²) in [6.07, 6.45) is -0.993. The summed E-state index contributed by atoms with van der Waals surface area (Å²) in [4.78, 5) is 24.5. The smallest absolute Gasteiger partial charge is 0.338 e. The van der Waals surface area contributed by atoms with Crippen LogP contribution in [-0.2, 0) is 28.5 Å². The molecule has 7 nitrogen and oxygen atoms in total. The molecule has 1 aromatic rings. The van der Waals surface area contributed by atoms with Crippen LogP contribution >= 0.6 is 0 Å². The first-order valence-corrected chi connectivity index (χ1v) is 7.64. The summed E-state index contributed by atoms with van der Waals surface area (Å²) in [6, 6.07) is 7.06. The molecule has 0 aliphatic carbocycles. The summed E-state index contributed by atoms with van der Waals surface area (Å²) in [5.74, 6) is -3.85. The predicted molar refractivity (Wildman–Crippen MR) is 81.2 cm³/mol. The minimum Gasteiger partial charge on any atom is -0.426 e. The number of methoxy groups -OCH3 is 2. The van der Waals surface area contributed by atoms with Crippen molar-refractivity contribution in [2.45, 2.75) is 43.9 Å². The van der Waals surface area contributed by atoms with Crippen molar-refractivity contribution < 1.29 is 33.3 Å². The standard InChI is InChI=1S/C17H20O7/c1-16(20-3)17(2,21-4)24-15(19)14(23-16)11-9-13(18)22-12-8-6-5-7-10(11)12/h5-8,11,14H,9H2,1-4H3/t11-,14-,16+,17+/m0/s1. The Labute approximate surface area is 139 Å². The van der Waals surface area contributed by atoms with E-state index in [1.807, 2.05) is 6.07 Å². The van der Waals surface area contributed by atoms with Crippen LogP contribution in [0, 0.1) is 0 Å². The number of hydrogen-bond donors (Lipinski definition) is 0. The van der Waals surface area contributed by atoms with Gasteiger partial charge in [-0.15, -0.1) is 0 Å². The Morgan fingerprint density at radius 3 is 2.42 bits per heavy atom. The second kappa shape index (κ2) is 5.84. The van der Waals surface area contributed by atoms with E-state index in [1.165, 1.54) is 14.2 Å². The fourth-order valence-corrected chi connectivity index (χ4v) is 3.05. The second-order valence-corrected chi connectivity index (χ2v) is 6.08. The molecule has 3 rings (SSSR count). The van der Waals surface area contributed by atoms with Gasteiger partial charge in [0.2, 0.25) is 5.79 Å². The molecule has 0 saturated carbocycles. The minimum atomic E-state index is -1.40. The molecule has 0 radical (unpaired) electrons. The van der Waals surface area contributed by atoms with E-state index in [0.29, 0.717) is 5.75 Å². The zero-order chi connectivity index (χ0) is 17.5. The van der Waals surface area contributed by atoms with Gasteiger partial charge in [0.25, 0.3) is 5.79 Å². The molecule has 1 aromatic carbocycles. The molecule has 0 unspecified atom stereocenters. The largest absolute Gasteiger partial charge is 0.426 e. The van der Waals surface area contributed by atoms with Gasteiger partial charge >= 0.3 is 11.9 Å². The van der Waals surface area contributed by atoms with Crippen molar-refractivity contribution in [1.29, 1.82) is 0 Å². The maximum Gasteiger partial charge on any atom is 0.338 e. The van der Waals surface area contributed by atoms with E-state index in [2.05, 4.69) is 0 Å². The van der Waals surface area contributed by atoms with Gasteiger partial charge in [-0.25, -0.2) is 4.79 Å². The summed E-state index contributed by atoms with van der Waals surface area (Å²) in [5.41, 5.74) is 0.721. The Morgan fingerprint density at radius 1 is 1.08 bits per heavy atom. The molecule has 7 heteroatoms. The van der Waals surface area contributed by atoms with E-state index >= 15 is 0 Å². The number of esters is 2. The highest BCUT2D eigenvalue weighted by molar-refractivity contribution is 5.82. The molecule has 24 heavy (non-hydrogen) atoms. The number of fused-ring (bicyclic) bond motifs is 1. The van der Waals surface area contributed by atoms with E-state index < -0.39 is 35.5 Å². The molecule has 0 N–H and O–H groups in total. The molecule has 2 aliphatic rings. The van der Waals surface area contributed by atoms with Crippen molar-refractivity contribution in [3.8, 4) is 5.75 Å². The van der Waals surface area contributed by atoms with Crippen LogP contribution in [0.4, 0.5) is 0 Å². The number of carbonyl (C=O) groups is 2. The topological polar surface area (TPSA) is 80.3 Å². The Morgan fingerprint density at radius 2 is 1.75 bits per heavy atom. The highest BCUT2D eigenvalue weighted by Gasteiger charge is 2.59. The summed E-state index contributed by atoms with van der Waals surface area (Å²) in [6.45, 7) is 3.19. The highest BCUT2D eigenvalue weighted by atomic mass is 16.8. The molecule has 0 aromatic heterocycles. The van der Waals surface area contributed by atoms with E-state index in [-0.39, 0.29) is 6.42 Å². The van der Waals surface area contributed by atoms with Crippen LogP contribution in [0.15, 0.2) is 24.3 Å². The quantitative estimate of drug-likeness (QED) is 0.614. The third-order valence-electron chi connectivity index (χ3n) is 4.78. The van der Waals surface area contributed by atoms with Crippen LogP contribution in [0.5, 0.6) is 5.75 Å². The third kappa shape index (κ3) is 2.49. The van der Waals surface area contributed by atoms with Gasteiger partial charge in [-0.3, -0.25) is 4.79 Å².